The Morgan fingerprint density at radius 1 is 0.129 bits per heavy atom. The van der Waals surface area contributed by atoms with E-state index >= 15 is 0 Å². The standard InChI is InChI=1S/4C8H5F13.Sn/c4*1-2-3(9,10)4(11,12)5(13,14)6(15,16)7(17,18)8(19,20)21;/h4*2H2,1H3;. The maximum absolute atomic E-state index is 12.7. The van der Waals surface area contributed by atoms with E-state index in [1.54, 1.807) is 0 Å². The molecule has 0 bridgehead atoms. The van der Waals surface area contributed by atoms with Crippen LogP contribution in [-0.2, 0) is 0 Å². The summed E-state index contributed by atoms with van der Waals surface area (Å²) in [5.41, 5.74) is 0. The van der Waals surface area contributed by atoms with Crippen LogP contribution in [0.5, 0.6) is 0 Å². The maximum Gasteiger partial charge on any atom is 0.460 e. The molecule has 0 saturated carbocycles. The van der Waals surface area contributed by atoms with Gasteiger partial charge in [0.25, 0.3) is 0 Å². The molecular formula is C32H20F52Sn. The fourth-order valence-electron chi connectivity index (χ4n) is 4.10. The second-order valence-corrected chi connectivity index (χ2v) is 15.4. The van der Waals surface area contributed by atoms with Gasteiger partial charge in [0.15, 0.2) is 0 Å². The van der Waals surface area contributed by atoms with E-state index < -0.39 is 169 Å². The Labute approximate surface area is 449 Å². The number of alkyl halides is 52. The summed E-state index contributed by atoms with van der Waals surface area (Å²) < 4.78 is 643. The number of hydrogen-bond donors (Lipinski definition) is 0. The molecule has 4 radical (unpaired) electrons. The topological polar surface area (TPSA) is 0 Å². The molecule has 0 unspecified atom stereocenters. The largest absolute Gasteiger partial charge is 0.460 e. The van der Waals surface area contributed by atoms with Gasteiger partial charge in [-0.25, -0.2) is 0 Å². The van der Waals surface area contributed by atoms with Crippen LogP contribution in [0.25, 0.3) is 0 Å². The minimum Gasteiger partial charge on any atom is -0.200 e. The Morgan fingerprint density at radius 2 is 0.200 bits per heavy atom. The van der Waals surface area contributed by atoms with Crippen molar-refractivity contribution in [3.05, 3.63) is 0 Å². The normalized spacial score (nSPS) is 16.1. The maximum atomic E-state index is 12.7. The molecule has 0 spiro atoms. The van der Waals surface area contributed by atoms with Gasteiger partial charge in [-0.2, -0.15) is 228 Å². The minimum atomic E-state index is -7.81. The van der Waals surface area contributed by atoms with Crippen molar-refractivity contribution in [2.24, 2.45) is 0 Å². The van der Waals surface area contributed by atoms with Crippen LogP contribution >= 0.6 is 0 Å². The average Bonchev–Trinajstić information content (AvgIpc) is 3.26. The van der Waals surface area contributed by atoms with Crippen LogP contribution < -0.4 is 0 Å². The van der Waals surface area contributed by atoms with Gasteiger partial charge in [-0.1, -0.05) is 27.7 Å². The first-order valence-electron chi connectivity index (χ1n) is 19.1. The second kappa shape index (κ2) is 24.7. The van der Waals surface area contributed by atoms with E-state index in [4.69, 9.17) is 0 Å². The Morgan fingerprint density at radius 3 is 0.259 bits per heavy atom. The summed E-state index contributed by atoms with van der Waals surface area (Å²) in [6, 6.07) is 0. The molecule has 0 saturated heterocycles. The van der Waals surface area contributed by atoms with Crippen molar-refractivity contribution >= 4 is 23.9 Å². The second-order valence-electron chi connectivity index (χ2n) is 15.4. The van der Waals surface area contributed by atoms with Crippen molar-refractivity contribution in [3.63, 3.8) is 0 Å². The zero-order valence-corrected chi connectivity index (χ0v) is 41.8. The molecule has 0 aromatic rings. The van der Waals surface area contributed by atoms with E-state index in [1.165, 1.54) is 0 Å². The monoisotopic (exact) mass is 1510 g/mol. The van der Waals surface area contributed by atoms with Crippen molar-refractivity contribution in [1.82, 2.24) is 0 Å². The molecular weight excluding hydrogens is 1490 g/mol. The SMILES string of the molecule is CCC(F)(F)C(F)(F)C(F)(F)C(F)(F)C(F)(F)C(F)(F)F.CCC(F)(F)C(F)(F)C(F)(F)C(F)(F)C(F)(F)C(F)(F)F.CCC(F)(F)C(F)(F)C(F)(F)C(F)(F)C(F)(F)C(F)(F)F.CCC(F)(F)C(F)(F)C(F)(F)C(F)(F)C(F)(F)C(F)(F)F.[Sn]. The van der Waals surface area contributed by atoms with Crippen molar-refractivity contribution in [2.75, 3.05) is 0 Å². The van der Waals surface area contributed by atoms with Crippen molar-refractivity contribution in [1.29, 1.82) is 0 Å². The van der Waals surface area contributed by atoms with Crippen LogP contribution in [0.2, 0.25) is 0 Å². The van der Waals surface area contributed by atoms with E-state index in [9.17, 15) is 228 Å². The van der Waals surface area contributed by atoms with Crippen LogP contribution in [0.15, 0.2) is 0 Å². The van der Waals surface area contributed by atoms with Gasteiger partial charge in [0.05, 0.1) is 0 Å². The number of rotatable bonds is 20. The zero-order valence-electron chi connectivity index (χ0n) is 39.0. The van der Waals surface area contributed by atoms with Gasteiger partial charge < -0.3 is 0 Å². The summed E-state index contributed by atoms with van der Waals surface area (Å²) in [5.74, 6) is -145. The molecule has 0 aromatic heterocycles. The van der Waals surface area contributed by atoms with E-state index in [0.717, 1.165) is 0 Å². The summed E-state index contributed by atoms with van der Waals surface area (Å²) in [4.78, 5) is 0. The molecule has 516 valence electrons. The summed E-state index contributed by atoms with van der Waals surface area (Å²) in [6.45, 7) is 0.460. The molecule has 85 heavy (non-hydrogen) atoms. The van der Waals surface area contributed by atoms with E-state index in [0.29, 0.717) is 0 Å². The minimum absolute atomic E-state index is 0. The summed E-state index contributed by atoms with van der Waals surface area (Å²) in [6.07, 6.45) is -38.3. The van der Waals surface area contributed by atoms with E-state index in [1.807, 2.05) is 0 Å². The first-order chi connectivity index (χ1) is 35.2. The van der Waals surface area contributed by atoms with E-state index in [-0.39, 0.29) is 51.6 Å². The van der Waals surface area contributed by atoms with Gasteiger partial charge in [-0.3, -0.25) is 0 Å². The van der Waals surface area contributed by atoms with Crippen molar-refractivity contribution in [2.45, 2.75) is 197 Å². The molecule has 0 nitrogen and oxygen atoms in total. The van der Waals surface area contributed by atoms with Crippen LogP contribution in [0, 0.1) is 0 Å². The Balaban J connectivity index is -0.000000333. The fraction of sp³-hybridized carbons (Fsp3) is 1.00. The number of hydrogen-bond acceptors (Lipinski definition) is 0. The van der Waals surface area contributed by atoms with Crippen LogP contribution in [0.4, 0.5) is 228 Å². The Hall–Kier alpha value is -2.84. The first kappa shape index (κ1) is 90.9. The summed E-state index contributed by atoms with van der Waals surface area (Å²) >= 11 is 0. The van der Waals surface area contributed by atoms with E-state index in [2.05, 4.69) is 0 Å². The third kappa shape index (κ3) is 14.2. The molecule has 0 rings (SSSR count). The summed E-state index contributed by atoms with van der Waals surface area (Å²) in [7, 11) is 0. The van der Waals surface area contributed by atoms with Gasteiger partial charge >= 0.3 is 143 Å². The van der Waals surface area contributed by atoms with Gasteiger partial charge in [0.1, 0.15) is 0 Å². The van der Waals surface area contributed by atoms with Crippen LogP contribution in [0.1, 0.15) is 53.4 Å². The van der Waals surface area contributed by atoms with Gasteiger partial charge in [0, 0.05) is 49.6 Å². The predicted octanol–water partition coefficient (Wildman–Crippen LogP) is 20.2. The molecule has 0 aliphatic carbocycles. The van der Waals surface area contributed by atoms with Crippen LogP contribution in [0.3, 0.4) is 0 Å². The number of halogens is 52. The molecule has 0 aliphatic heterocycles. The van der Waals surface area contributed by atoms with Gasteiger partial charge in [-0.05, 0) is 0 Å². The van der Waals surface area contributed by atoms with Gasteiger partial charge in [-0.15, -0.1) is 0 Å². The predicted molar refractivity (Wildman–Crippen MR) is 170 cm³/mol. The molecule has 0 aliphatic rings. The van der Waals surface area contributed by atoms with Crippen LogP contribution in [-0.4, -0.2) is 167 Å². The summed E-state index contributed by atoms with van der Waals surface area (Å²) in [5, 5.41) is 0. The fourth-order valence-corrected chi connectivity index (χ4v) is 4.10. The van der Waals surface area contributed by atoms with Crippen molar-refractivity contribution in [3.8, 4) is 0 Å². The smallest absolute Gasteiger partial charge is 0.200 e. The molecule has 0 amide bonds. The molecule has 0 atom stereocenters. The first-order valence-corrected chi connectivity index (χ1v) is 19.1. The molecule has 0 heterocycles. The average molecular weight is 1510 g/mol. The molecule has 0 fully saturated rings. The molecule has 0 N–H and O–H groups in total. The Bertz CT molecular complexity index is 1810. The molecule has 53 heteroatoms. The zero-order chi connectivity index (χ0) is 70.8. The third-order valence-corrected chi connectivity index (χ3v) is 9.77. The Kier molecular flexibility index (Phi) is 26.5. The molecule has 0 aromatic carbocycles. The quantitative estimate of drug-likeness (QED) is 0.0842. The van der Waals surface area contributed by atoms with Crippen molar-refractivity contribution < 1.29 is 228 Å². The van der Waals surface area contributed by atoms with Gasteiger partial charge in [0.2, 0.25) is 0 Å². The third-order valence-electron chi connectivity index (χ3n) is 9.77.